The number of anilines is 1. The molecule has 2 aliphatic rings. The number of carbonyl (C=O) groups excluding carboxylic acids is 1. The number of hydrogen-bond acceptors (Lipinski definition) is 3. The van der Waals surface area contributed by atoms with Gasteiger partial charge in [0.1, 0.15) is 6.04 Å². The van der Waals surface area contributed by atoms with Crippen molar-refractivity contribution in [2.45, 2.75) is 51.1 Å². The molecule has 1 unspecified atom stereocenters. The Kier molecular flexibility index (Phi) is 4.16. The van der Waals surface area contributed by atoms with Gasteiger partial charge in [0, 0.05) is 11.7 Å². The van der Waals surface area contributed by atoms with E-state index in [4.69, 9.17) is 5.11 Å². The average Bonchev–Trinajstić information content (AvgIpc) is 3.21. The Morgan fingerprint density at radius 3 is 2.73 bits per heavy atom. The zero-order valence-corrected chi connectivity index (χ0v) is 12.8. The molecule has 2 aliphatic carbocycles. The molecule has 1 saturated carbocycles. The fraction of sp³-hybridized carbons (Fsp3) is 0.529. The highest BCUT2D eigenvalue weighted by Gasteiger charge is 2.36. The van der Waals surface area contributed by atoms with Crippen LogP contribution in [-0.2, 0) is 22.4 Å². The molecule has 0 spiro atoms. The van der Waals surface area contributed by atoms with Gasteiger partial charge >= 0.3 is 5.97 Å². The molecule has 0 heterocycles. The van der Waals surface area contributed by atoms with E-state index in [9.17, 15) is 9.59 Å². The molecule has 3 rings (SSSR count). The number of benzene rings is 1. The molecule has 0 aliphatic heterocycles. The fourth-order valence-electron chi connectivity index (χ4n) is 3.15. The van der Waals surface area contributed by atoms with Crippen molar-refractivity contribution < 1.29 is 14.7 Å². The van der Waals surface area contributed by atoms with Gasteiger partial charge in [0.2, 0.25) is 5.91 Å². The number of carboxylic acids is 1. The van der Waals surface area contributed by atoms with E-state index in [1.54, 1.807) is 11.8 Å². The molecule has 0 saturated heterocycles. The molecular weight excluding hydrogens is 280 g/mol. The predicted octanol–water partition coefficient (Wildman–Crippen LogP) is 2.05. The molecule has 1 amide bonds. The van der Waals surface area contributed by atoms with Crippen LogP contribution in [0.5, 0.6) is 0 Å². The monoisotopic (exact) mass is 302 g/mol. The molecule has 1 atom stereocenters. The maximum absolute atomic E-state index is 12.2. The maximum atomic E-state index is 12.2. The van der Waals surface area contributed by atoms with Crippen LogP contribution in [0.3, 0.4) is 0 Å². The van der Waals surface area contributed by atoms with Crippen molar-refractivity contribution in [3.8, 4) is 0 Å². The van der Waals surface area contributed by atoms with E-state index in [1.807, 2.05) is 12.1 Å². The minimum Gasteiger partial charge on any atom is -0.480 e. The lowest BCUT2D eigenvalue weighted by molar-refractivity contribution is -0.143. The van der Waals surface area contributed by atoms with Crippen LogP contribution in [-0.4, -0.2) is 40.5 Å². The van der Waals surface area contributed by atoms with Crippen LogP contribution in [0.25, 0.3) is 0 Å². The zero-order chi connectivity index (χ0) is 15.7. The third-order valence-electron chi connectivity index (χ3n) is 4.58. The second kappa shape index (κ2) is 6.08. The lowest BCUT2D eigenvalue weighted by atomic mass is 10.1. The molecule has 5 nitrogen and oxygen atoms in total. The number of nitrogens with zero attached hydrogens (tertiary/aromatic N) is 1. The molecule has 1 fully saturated rings. The predicted molar refractivity (Wildman–Crippen MR) is 83.9 cm³/mol. The number of nitrogens with one attached hydrogen (secondary N) is 1. The lowest BCUT2D eigenvalue weighted by Gasteiger charge is -2.25. The summed E-state index contributed by atoms with van der Waals surface area (Å²) in [4.78, 5) is 25.2. The Hall–Kier alpha value is -1.88. The number of carboxylic acid groups (broad SMARTS) is 1. The highest BCUT2D eigenvalue weighted by molar-refractivity contribution is 5.92. The van der Waals surface area contributed by atoms with Crippen LogP contribution in [0.2, 0.25) is 0 Å². The molecule has 22 heavy (non-hydrogen) atoms. The van der Waals surface area contributed by atoms with E-state index in [0.29, 0.717) is 0 Å². The first-order valence-corrected chi connectivity index (χ1v) is 7.95. The summed E-state index contributed by atoms with van der Waals surface area (Å²) in [5.41, 5.74) is 3.50. The van der Waals surface area contributed by atoms with Gasteiger partial charge in [-0.1, -0.05) is 6.07 Å². The van der Waals surface area contributed by atoms with Gasteiger partial charge in [0.15, 0.2) is 0 Å². The number of hydrogen-bond donors (Lipinski definition) is 2. The third-order valence-corrected chi connectivity index (χ3v) is 4.58. The van der Waals surface area contributed by atoms with Gasteiger partial charge in [-0.15, -0.1) is 0 Å². The molecule has 0 bridgehead atoms. The summed E-state index contributed by atoms with van der Waals surface area (Å²) in [5.74, 6) is -1.02. The Bertz CT molecular complexity index is 596. The highest BCUT2D eigenvalue weighted by atomic mass is 16.4. The summed E-state index contributed by atoms with van der Waals surface area (Å²) in [6, 6.07) is 5.67. The summed E-state index contributed by atoms with van der Waals surface area (Å²) in [6.07, 6.45) is 5.32. The van der Waals surface area contributed by atoms with E-state index >= 15 is 0 Å². The number of fused-ring (bicyclic) bond motifs is 1. The van der Waals surface area contributed by atoms with Crippen LogP contribution in [0.1, 0.15) is 37.3 Å². The van der Waals surface area contributed by atoms with Crippen molar-refractivity contribution in [3.63, 3.8) is 0 Å². The molecule has 1 aromatic carbocycles. The average molecular weight is 302 g/mol. The first-order chi connectivity index (χ1) is 10.5. The van der Waals surface area contributed by atoms with E-state index in [2.05, 4.69) is 11.4 Å². The van der Waals surface area contributed by atoms with Crippen molar-refractivity contribution in [1.82, 2.24) is 4.90 Å². The van der Waals surface area contributed by atoms with Gasteiger partial charge in [-0.3, -0.25) is 14.5 Å². The second-order valence-corrected chi connectivity index (χ2v) is 6.30. The summed E-state index contributed by atoms with van der Waals surface area (Å²) in [5, 5.41) is 12.1. The molecule has 0 aromatic heterocycles. The number of aliphatic carboxylic acids is 1. The third kappa shape index (κ3) is 3.30. The van der Waals surface area contributed by atoms with E-state index in [1.165, 1.54) is 17.5 Å². The topological polar surface area (TPSA) is 69.6 Å². The Morgan fingerprint density at radius 2 is 2.05 bits per heavy atom. The Labute approximate surface area is 130 Å². The van der Waals surface area contributed by atoms with Crippen molar-refractivity contribution in [2.75, 3.05) is 11.9 Å². The zero-order valence-electron chi connectivity index (χ0n) is 12.8. The number of carbonyl (C=O) groups is 2. The van der Waals surface area contributed by atoms with Crippen LogP contribution >= 0.6 is 0 Å². The van der Waals surface area contributed by atoms with Gasteiger partial charge in [-0.2, -0.15) is 0 Å². The van der Waals surface area contributed by atoms with Gasteiger partial charge in [-0.05, 0) is 62.3 Å². The van der Waals surface area contributed by atoms with Gasteiger partial charge in [0.05, 0.1) is 6.54 Å². The molecule has 118 valence electrons. The summed E-state index contributed by atoms with van der Waals surface area (Å²) < 4.78 is 0. The molecule has 2 N–H and O–H groups in total. The summed E-state index contributed by atoms with van der Waals surface area (Å²) >= 11 is 0. The fourth-order valence-corrected chi connectivity index (χ4v) is 3.15. The van der Waals surface area contributed by atoms with E-state index in [-0.39, 0.29) is 18.5 Å². The van der Waals surface area contributed by atoms with Crippen molar-refractivity contribution in [2.24, 2.45) is 0 Å². The van der Waals surface area contributed by atoms with Crippen LogP contribution in [0.4, 0.5) is 5.69 Å². The minimum atomic E-state index is -0.878. The second-order valence-electron chi connectivity index (χ2n) is 6.30. The van der Waals surface area contributed by atoms with Crippen LogP contribution in [0, 0.1) is 0 Å². The Balaban J connectivity index is 1.62. The molecule has 0 radical (unpaired) electrons. The van der Waals surface area contributed by atoms with Gasteiger partial charge in [0.25, 0.3) is 0 Å². The number of aryl methyl sites for hydroxylation is 2. The van der Waals surface area contributed by atoms with Crippen molar-refractivity contribution in [3.05, 3.63) is 29.3 Å². The minimum absolute atomic E-state index is 0.134. The Morgan fingerprint density at radius 1 is 1.32 bits per heavy atom. The van der Waals surface area contributed by atoms with E-state index < -0.39 is 12.0 Å². The largest absolute Gasteiger partial charge is 0.480 e. The first kappa shape index (κ1) is 15.0. The van der Waals surface area contributed by atoms with Crippen molar-refractivity contribution >= 4 is 17.6 Å². The molecule has 5 heteroatoms. The van der Waals surface area contributed by atoms with Gasteiger partial charge in [-0.25, -0.2) is 0 Å². The van der Waals surface area contributed by atoms with Gasteiger partial charge < -0.3 is 10.4 Å². The number of amides is 1. The highest BCUT2D eigenvalue weighted by Crippen LogP contribution is 2.29. The quantitative estimate of drug-likeness (QED) is 0.844. The standard InChI is InChI=1S/C17H22N2O3/c1-11(17(21)22)19(15-7-8-15)10-16(20)18-14-6-5-12-3-2-4-13(12)9-14/h5-6,9,11,15H,2-4,7-8,10H2,1H3,(H,18,20)(H,21,22). The normalized spacial score (nSPS) is 18.1. The van der Waals surface area contributed by atoms with Crippen LogP contribution in [0.15, 0.2) is 18.2 Å². The van der Waals surface area contributed by atoms with Crippen LogP contribution < -0.4 is 5.32 Å². The summed E-state index contributed by atoms with van der Waals surface area (Å²) in [6.45, 7) is 1.78. The lowest BCUT2D eigenvalue weighted by Crippen LogP contribution is -2.44. The van der Waals surface area contributed by atoms with E-state index in [0.717, 1.165) is 31.4 Å². The maximum Gasteiger partial charge on any atom is 0.320 e. The summed E-state index contributed by atoms with van der Waals surface area (Å²) in [7, 11) is 0. The number of rotatable bonds is 6. The molecule has 1 aromatic rings. The van der Waals surface area contributed by atoms with Crippen molar-refractivity contribution in [1.29, 1.82) is 0 Å². The first-order valence-electron chi connectivity index (χ1n) is 7.95. The SMILES string of the molecule is CC(C(=O)O)N(CC(=O)Nc1ccc2c(c1)CCC2)C1CC1. The smallest absolute Gasteiger partial charge is 0.320 e. The molecular formula is C17H22N2O3.